The summed E-state index contributed by atoms with van der Waals surface area (Å²) in [7, 11) is 0. The third-order valence-electron chi connectivity index (χ3n) is 6.82. The maximum atomic E-state index is 12.8. The van der Waals surface area contributed by atoms with Gasteiger partial charge in [0.1, 0.15) is 6.07 Å². The van der Waals surface area contributed by atoms with Crippen molar-refractivity contribution in [3.05, 3.63) is 77.1 Å². The molecule has 36 heavy (non-hydrogen) atoms. The average molecular weight is 506 g/mol. The molecule has 7 nitrogen and oxygen atoms in total. The lowest BCUT2D eigenvalue weighted by Crippen LogP contribution is -2.51. The highest BCUT2D eigenvalue weighted by Crippen LogP contribution is 2.27. The molecule has 1 N–H and O–H groups in total. The Labute approximate surface area is 217 Å². The van der Waals surface area contributed by atoms with E-state index in [0.29, 0.717) is 27.9 Å². The number of hydrogen-bond acceptors (Lipinski definition) is 5. The molecule has 2 aliphatic heterocycles. The zero-order chi connectivity index (χ0) is 24.2. The van der Waals surface area contributed by atoms with E-state index >= 15 is 0 Å². The molecule has 1 amide bonds. The van der Waals surface area contributed by atoms with Gasteiger partial charge in [0, 0.05) is 74.2 Å². The normalized spacial score (nSPS) is 16.7. The predicted molar refractivity (Wildman–Crippen MR) is 144 cm³/mol. The number of benzene rings is 2. The van der Waals surface area contributed by atoms with Gasteiger partial charge < -0.3 is 19.5 Å². The largest absolute Gasteiger partial charge is 0.381 e. The number of nitrogens with zero attached hydrogens (tertiary/aromatic N) is 4. The Kier molecular flexibility index (Phi) is 8.32. The lowest BCUT2D eigenvalue weighted by atomic mass is 10.1. The minimum absolute atomic E-state index is 0. The first-order valence-electron chi connectivity index (χ1n) is 12.0. The second-order valence-electron chi connectivity index (χ2n) is 8.95. The summed E-state index contributed by atoms with van der Waals surface area (Å²) in [6, 6.07) is 17.7. The van der Waals surface area contributed by atoms with Gasteiger partial charge in [0.25, 0.3) is 5.91 Å². The van der Waals surface area contributed by atoms with Gasteiger partial charge in [-0.05, 0) is 61.4 Å². The molecule has 0 atom stereocenters. The minimum Gasteiger partial charge on any atom is -0.381 e. The molecule has 2 aliphatic rings. The molecule has 188 valence electrons. The molecule has 2 saturated heterocycles. The fraction of sp³-hybridized carbons (Fsp3) is 0.357. The number of rotatable bonds is 5. The van der Waals surface area contributed by atoms with Crippen LogP contribution in [-0.2, 0) is 4.74 Å². The second-order valence-corrected chi connectivity index (χ2v) is 9.38. The highest BCUT2D eigenvalue weighted by molar-refractivity contribution is 6.30. The van der Waals surface area contributed by atoms with Crippen LogP contribution in [0.15, 0.2) is 60.9 Å². The Morgan fingerprint density at radius 3 is 2.44 bits per heavy atom. The molecule has 0 bridgehead atoms. The van der Waals surface area contributed by atoms with E-state index in [0.717, 1.165) is 63.6 Å². The number of amides is 1. The molecular formula is C28H32ClN5O2. The van der Waals surface area contributed by atoms with Crippen molar-refractivity contribution in [2.75, 3.05) is 49.6 Å². The molecule has 2 aromatic carbocycles. The van der Waals surface area contributed by atoms with Gasteiger partial charge in [-0.25, -0.2) is 0 Å². The van der Waals surface area contributed by atoms with E-state index in [-0.39, 0.29) is 13.3 Å². The Morgan fingerprint density at radius 2 is 1.75 bits per heavy atom. The van der Waals surface area contributed by atoms with Gasteiger partial charge in [-0.3, -0.25) is 9.69 Å². The Hall–Kier alpha value is -3.31. The SMILES string of the molecule is C.N#Cc1cc(NC(=O)c2ccn(-c3ccc(Cl)cc3)c2)ccc1N1CCN(C2CCOCC2)CC1. The van der Waals surface area contributed by atoms with Crippen LogP contribution in [0, 0.1) is 11.3 Å². The summed E-state index contributed by atoms with van der Waals surface area (Å²) < 4.78 is 7.36. The summed E-state index contributed by atoms with van der Waals surface area (Å²) >= 11 is 5.96. The number of aromatic nitrogens is 1. The molecule has 0 spiro atoms. The number of piperazine rings is 1. The van der Waals surface area contributed by atoms with E-state index in [9.17, 15) is 10.1 Å². The molecular weight excluding hydrogens is 474 g/mol. The van der Waals surface area contributed by atoms with Gasteiger partial charge in [-0.1, -0.05) is 19.0 Å². The zero-order valence-electron chi connectivity index (χ0n) is 19.5. The summed E-state index contributed by atoms with van der Waals surface area (Å²) in [5.41, 5.74) is 3.55. The first-order chi connectivity index (χ1) is 17.1. The fourth-order valence-corrected chi connectivity index (χ4v) is 4.99. The highest BCUT2D eigenvalue weighted by Gasteiger charge is 2.26. The third-order valence-corrected chi connectivity index (χ3v) is 7.07. The van der Waals surface area contributed by atoms with Crippen LogP contribution in [-0.4, -0.2) is 60.8 Å². The van der Waals surface area contributed by atoms with E-state index in [2.05, 4.69) is 21.2 Å². The molecule has 0 unspecified atom stereocenters. The number of halogens is 1. The Bertz CT molecular complexity index is 1220. The van der Waals surface area contributed by atoms with Crippen molar-refractivity contribution in [2.24, 2.45) is 0 Å². The van der Waals surface area contributed by atoms with Crippen LogP contribution >= 0.6 is 11.6 Å². The zero-order valence-corrected chi connectivity index (χ0v) is 20.2. The molecule has 5 rings (SSSR count). The van der Waals surface area contributed by atoms with Gasteiger partial charge in [0.15, 0.2) is 0 Å². The molecule has 3 aromatic rings. The van der Waals surface area contributed by atoms with Gasteiger partial charge in [-0.15, -0.1) is 0 Å². The molecule has 0 radical (unpaired) electrons. The van der Waals surface area contributed by atoms with Crippen LogP contribution in [0.3, 0.4) is 0 Å². The standard InChI is InChI=1S/C27H28ClN5O2.CH4/c28-22-1-4-24(5-2-22)33-10-7-20(19-33)27(34)30-23-3-6-26(21(17-23)18-29)32-13-11-31(12-14-32)25-8-15-35-16-9-25;/h1-7,10,17,19,25H,8-9,11-16H2,(H,30,34);1H4. The van der Waals surface area contributed by atoms with Crippen LogP contribution in [0.2, 0.25) is 5.02 Å². The van der Waals surface area contributed by atoms with Crippen molar-refractivity contribution >= 4 is 28.9 Å². The maximum Gasteiger partial charge on any atom is 0.257 e. The van der Waals surface area contributed by atoms with Gasteiger partial charge in [0.05, 0.1) is 16.8 Å². The molecule has 1 aromatic heterocycles. The van der Waals surface area contributed by atoms with Crippen LogP contribution in [0.4, 0.5) is 11.4 Å². The van der Waals surface area contributed by atoms with E-state index in [1.165, 1.54) is 0 Å². The summed E-state index contributed by atoms with van der Waals surface area (Å²) in [4.78, 5) is 17.7. The Balaban J connectivity index is 0.00000304. The van der Waals surface area contributed by atoms with Crippen LogP contribution in [0.5, 0.6) is 0 Å². The van der Waals surface area contributed by atoms with Gasteiger partial charge in [0.2, 0.25) is 0 Å². The predicted octanol–water partition coefficient (Wildman–Crippen LogP) is 5.19. The Morgan fingerprint density at radius 1 is 1.03 bits per heavy atom. The topological polar surface area (TPSA) is 73.5 Å². The number of carbonyl (C=O) groups excluding carboxylic acids is 1. The van der Waals surface area contributed by atoms with E-state index < -0.39 is 0 Å². The number of hydrogen-bond donors (Lipinski definition) is 1. The van der Waals surface area contributed by atoms with Gasteiger partial charge >= 0.3 is 0 Å². The first kappa shape index (κ1) is 25.8. The molecule has 3 heterocycles. The lowest BCUT2D eigenvalue weighted by Gasteiger charge is -2.41. The van der Waals surface area contributed by atoms with Gasteiger partial charge in [-0.2, -0.15) is 5.26 Å². The quantitative estimate of drug-likeness (QED) is 0.516. The third kappa shape index (κ3) is 5.73. The molecule has 8 heteroatoms. The summed E-state index contributed by atoms with van der Waals surface area (Å²) in [6.45, 7) is 5.44. The van der Waals surface area contributed by atoms with Crippen molar-refractivity contribution in [1.82, 2.24) is 9.47 Å². The van der Waals surface area contributed by atoms with Crippen molar-refractivity contribution in [2.45, 2.75) is 26.3 Å². The maximum absolute atomic E-state index is 12.8. The minimum atomic E-state index is -0.223. The summed E-state index contributed by atoms with van der Waals surface area (Å²) in [5.74, 6) is -0.223. The number of nitriles is 1. The second kappa shape index (κ2) is 11.6. The molecule has 2 fully saturated rings. The van der Waals surface area contributed by atoms with E-state index in [1.807, 2.05) is 47.2 Å². The average Bonchev–Trinajstić information content (AvgIpc) is 3.40. The molecule has 0 saturated carbocycles. The van der Waals surface area contributed by atoms with E-state index in [4.69, 9.17) is 16.3 Å². The smallest absolute Gasteiger partial charge is 0.257 e. The monoisotopic (exact) mass is 505 g/mol. The number of anilines is 2. The van der Waals surface area contributed by atoms with Crippen LogP contribution < -0.4 is 10.2 Å². The van der Waals surface area contributed by atoms with Crippen LogP contribution in [0.1, 0.15) is 36.2 Å². The first-order valence-corrected chi connectivity index (χ1v) is 12.3. The van der Waals surface area contributed by atoms with Crippen LogP contribution in [0.25, 0.3) is 5.69 Å². The van der Waals surface area contributed by atoms with Crippen molar-refractivity contribution in [1.29, 1.82) is 5.26 Å². The lowest BCUT2D eigenvalue weighted by molar-refractivity contribution is 0.0321. The molecule has 0 aliphatic carbocycles. The van der Waals surface area contributed by atoms with Crippen molar-refractivity contribution < 1.29 is 9.53 Å². The van der Waals surface area contributed by atoms with Crippen molar-refractivity contribution in [3.63, 3.8) is 0 Å². The number of nitrogens with one attached hydrogen (secondary N) is 1. The van der Waals surface area contributed by atoms with Crippen molar-refractivity contribution in [3.8, 4) is 11.8 Å². The fourth-order valence-electron chi connectivity index (χ4n) is 4.87. The number of ether oxygens (including phenoxy) is 1. The highest BCUT2D eigenvalue weighted by atomic mass is 35.5. The van der Waals surface area contributed by atoms with E-state index in [1.54, 1.807) is 18.3 Å². The summed E-state index contributed by atoms with van der Waals surface area (Å²) in [5, 5.41) is 13.4. The summed E-state index contributed by atoms with van der Waals surface area (Å²) in [6.07, 6.45) is 5.81. The number of carbonyl (C=O) groups is 1.